The van der Waals surface area contributed by atoms with Crippen LogP contribution in [0.15, 0.2) is 48.0 Å². The fourth-order valence-corrected chi connectivity index (χ4v) is 4.31. The van der Waals surface area contributed by atoms with E-state index in [9.17, 15) is 4.79 Å². The van der Waals surface area contributed by atoms with Gasteiger partial charge in [0, 0.05) is 12.8 Å². The molecule has 0 saturated heterocycles. The Labute approximate surface area is 178 Å². The van der Waals surface area contributed by atoms with Crippen LogP contribution in [-0.4, -0.2) is 26.3 Å². The average molecular weight is 407 g/mol. The normalized spacial score (nSPS) is 15.5. The number of fused-ring (bicyclic) bond motifs is 1. The van der Waals surface area contributed by atoms with Gasteiger partial charge in [0.2, 0.25) is 0 Å². The van der Waals surface area contributed by atoms with E-state index in [4.69, 9.17) is 9.47 Å². The van der Waals surface area contributed by atoms with Crippen molar-refractivity contribution in [3.05, 3.63) is 64.7 Å². The van der Waals surface area contributed by atoms with Crippen LogP contribution >= 0.6 is 0 Å². The Hall–Kier alpha value is -2.75. The van der Waals surface area contributed by atoms with Crippen LogP contribution in [0.1, 0.15) is 55.2 Å². The number of ether oxygens (including phenoxy) is 3. The van der Waals surface area contributed by atoms with E-state index in [1.54, 1.807) is 0 Å². The van der Waals surface area contributed by atoms with E-state index < -0.39 is 0 Å². The van der Waals surface area contributed by atoms with Gasteiger partial charge in [0.05, 0.1) is 13.7 Å². The van der Waals surface area contributed by atoms with E-state index in [1.165, 1.54) is 47.8 Å². The Morgan fingerprint density at radius 3 is 2.70 bits per heavy atom. The van der Waals surface area contributed by atoms with Crippen molar-refractivity contribution in [3.8, 4) is 11.5 Å². The molecular weight excluding hydrogens is 376 g/mol. The van der Waals surface area contributed by atoms with Gasteiger partial charge in [-0.05, 0) is 90.6 Å². The third kappa shape index (κ3) is 5.05. The van der Waals surface area contributed by atoms with Crippen LogP contribution in [0.5, 0.6) is 11.5 Å². The molecule has 0 aromatic heterocycles. The first-order valence-electron chi connectivity index (χ1n) is 11.0. The van der Waals surface area contributed by atoms with Crippen molar-refractivity contribution in [2.75, 3.05) is 20.3 Å². The van der Waals surface area contributed by atoms with E-state index in [-0.39, 0.29) is 5.97 Å². The Morgan fingerprint density at radius 1 is 1.03 bits per heavy atom. The molecule has 4 rings (SSSR count). The SMILES string of the molecule is COC(=O)CCCc1ccc(OCC2=C(c3ccc4c(c3)CCO4)CCCC2)cc1. The van der Waals surface area contributed by atoms with Gasteiger partial charge < -0.3 is 14.2 Å². The summed E-state index contributed by atoms with van der Waals surface area (Å²) >= 11 is 0. The molecule has 0 amide bonds. The summed E-state index contributed by atoms with van der Waals surface area (Å²) in [7, 11) is 1.43. The predicted octanol–water partition coefficient (Wildman–Crippen LogP) is 5.52. The van der Waals surface area contributed by atoms with Gasteiger partial charge in [-0.15, -0.1) is 0 Å². The smallest absolute Gasteiger partial charge is 0.305 e. The van der Waals surface area contributed by atoms with Crippen molar-refractivity contribution < 1.29 is 19.0 Å². The second-order valence-electron chi connectivity index (χ2n) is 8.07. The first kappa shape index (κ1) is 20.5. The van der Waals surface area contributed by atoms with Gasteiger partial charge in [0.1, 0.15) is 18.1 Å². The van der Waals surface area contributed by atoms with Gasteiger partial charge in [-0.1, -0.05) is 18.2 Å². The number of carbonyl (C=O) groups excluding carboxylic acids is 1. The molecular formula is C26H30O4. The van der Waals surface area contributed by atoms with Crippen LogP contribution in [0.3, 0.4) is 0 Å². The molecule has 0 spiro atoms. The lowest BCUT2D eigenvalue weighted by Gasteiger charge is -2.21. The maximum atomic E-state index is 11.2. The van der Waals surface area contributed by atoms with E-state index in [1.807, 2.05) is 12.1 Å². The summed E-state index contributed by atoms with van der Waals surface area (Å²) in [4.78, 5) is 11.2. The summed E-state index contributed by atoms with van der Waals surface area (Å²) in [6.45, 7) is 1.44. The van der Waals surface area contributed by atoms with Crippen molar-refractivity contribution in [1.82, 2.24) is 0 Å². The monoisotopic (exact) mass is 406 g/mol. The molecule has 4 heteroatoms. The third-order valence-corrected chi connectivity index (χ3v) is 6.03. The molecule has 4 nitrogen and oxygen atoms in total. The fourth-order valence-electron chi connectivity index (χ4n) is 4.31. The lowest BCUT2D eigenvalue weighted by Crippen LogP contribution is -2.08. The number of benzene rings is 2. The quantitative estimate of drug-likeness (QED) is 0.541. The molecule has 0 fully saturated rings. The van der Waals surface area contributed by atoms with Crippen molar-refractivity contribution in [2.24, 2.45) is 0 Å². The Balaban J connectivity index is 1.38. The van der Waals surface area contributed by atoms with Gasteiger partial charge in [-0.2, -0.15) is 0 Å². The van der Waals surface area contributed by atoms with Crippen LogP contribution in [0.2, 0.25) is 0 Å². The van der Waals surface area contributed by atoms with Gasteiger partial charge >= 0.3 is 5.97 Å². The number of esters is 1. The largest absolute Gasteiger partial charge is 0.493 e. The summed E-state index contributed by atoms with van der Waals surface area (Å²) < 4.78 is 16.5. The Kier molecular flexibility index (Phi) is 6.73. The second-order valence-corrected chi connectivity index (χ2v) is 8.07. The van der Waals surface area contributed by atoms with E-state index >= 15 is 0 Å². The molecule has 30 heavy (non-hydrogen) atoms. The van der Waals surface area contributed by atoms with Crippen molar-refractivity contribution in [2.45, 2.75) is 51.4 Å². The number of hydrogen-bond donors (Lipinski definition) is 0. The van der Waals surface area contributed by atoms with Crippen LogP contribution in [0, 0.1) is 0 Å². The molecule has 0 atom stereocenters. The predicted molar refractivity (Wildman–Crippen MR) is 118 cm³/mol. The first-order valence-corrected chi connectivity index (χ1v) is 11.0. The van der Waals surface area contributed by atoms with Crippen LogP contribution < -0.4 is 9.47 Å². The van der Waals surface area contributed by atoms with Gasteiger partial charge in [-0.3, -0.25) is 4.79 Å². The van der Waals surface area contributed by atoms with Gasteiger partial charge in [0.25, 0.3) is 0 Å². The standard InChI is InChI=1S/C26H30O4/c1-28-26(27)8-4-5-19-9-12-23(13-10-19)30-18-22-6-2-3-7-24(22)20-11-14-25-21(17-20)15-16-29-25/h9-14,17H,2-8,15-16,18H2,1H3. The maximum absolute atomic E-state index is 11.2. The number of allylic oxidation sites excluding steroid dienone is 1. The fraction of sp³-hybridized carbons (Fsp3) is 0.423. The van der Waals surface area contributed by atoms with E-state index in [0.717, 1.165) is 50.2 Å². The minimum atomic E-state index is -0.151. The van der Waals surface area contributed by atoms with Crippen LogP contribution in [0.25, 0.3) is 5.57 Å². The van der Waals surface area contributed by atoms with Gasteiger partial charge in [-0.25, -0.2) is 0 Å². The van der Waals surface area contributed by atoms with Crippen LogP contribution in [-0.2, 0) is 22.4 Å². The molecule has 0 radical (unpaired) electrons. The first-order chi connectivity index (χ1) is 14.7. The highest BCUT2D eigenvalue weighted by Gasteiger charge is 2.18. The number of methoxy groups -OCH3 is 1. The molecule has 0 N–H and O–H groups in total. The summed E-state index contributed by atoms with van der Waals surface area (Å²) in [5.41, 5.74) is 6.74. The second kappa shape index (κ2) is 9.84. The molecule has 2 aromatic carbocycles. The number of carbonyl (C=O) groups is 1. The summed E-state index contributed by atoms with van der Waals surface area (Å²) in [5, 5.41) is 0. The molecule has 1 aliphatic heterocycles. The molecule has 0 unspecified atom stereocenters. The van der Waals surface area contributed by atoms with E-state index in [2.05, 4.69) is 35.1 Å². The molecule has 1 heterocycles. The molecule has 0 bridgehead atoms. The Bertz CT molecular complexity index is 911. The Morgan fingerprint density at radius 2 is 1.87 bits per heavy atom. The van der Waals surface area contributed by atoms with Crippen LogP contribution in [0.4, 0.5) is 0 Å². The number of rotatable bonds is 8. The molecule has 2 aromatic rings. The van der Waals surface area contributed by atoms with Crippen molar-refractivity contribution in [1.29, 1.82) is 0 Å². The number of hydrogen-bond acceptors (Lipinski definition) is 4. The zero-order valence-electron chi connectivity index (χ0n) is 17.7. The lowest BCUT2D eigenvalue weighted by molar-refractivity contribution is -0.140. The molecule has 158 valence electrons. The van der Waals surface area contributed by atoms with Crippen molar-refractivity contribution >= 4 is 11.5 Å². The zero-order chi connectivity index (χ0) is 20.8. The molecule has 1 aliphatic carbocycles. The topological polar surface area (TPSA) is 44.8 Å². The zero-order valence-corrected chi connectivity index (χ0v) is 17.7. The lowest BCUT2D eigenvalue weighted by atomic mass is 9.87. The third-order valence-electron chi connectivity index (χ3n) is 6.03. The maximum Gasteiger partial charge on any atom is 0.305 e. The average Bonchev–Trinajstić information content (AvgIpc) is 3.26. The molecule has 2 aliphatic rings. The van der Waals surface area contributed by atoms with Crippen molar-refractivity contribution in [3.63, 3.8) is 0 Å². The summed E-state index contributed by atoms with van der Waals surface area (Å²) in [6.07, 6.45) is 7.84. The highest BCUT2D eigenvalue weighted by atomic mass is 16.5. The highest BCUT2D eigenvalue weighted by molar-refractivity contribution is 5.71. The number of aryl methyl sites for hydroxylation is 1. The molecule has 0 saturated carbocycles. The highest BCUT2D eigenvalue weighted by Crippen LogP contribution is 2.36. The van der Waals surface area contributed by atoms with Gasteiger partial charge in [0.15, 0.2) is 0 Å². The van der Waals surface area contributed by atoms with E-state index in [0.29, 0.717) is 13.0 Å². The minimum absolute atomic E-state index is 0.151. The summed E-state index contributed by atoms with van der Waals surface area (Å²) in [5.74, 6) is 1.79. The summed E-state index contributed by atoms with van der Waals surface area (Å²) in [6, 6.07) is 14.9. The minimum Gasteiger partial charge on any atom is -0.493 e.